The average Bonchev–Trinajstić information content (AvgIpc) is 2.92. The van der Waals surface area contributed by atoms with Crippen LogP contribution in [0.2, 0.25) is 0 Å². The van der Waals surface area contributed by atoms with Crippen molar-refractivity contribution >= 4 is 55.5 Å². The van der Waals surface area contributed by atoms with Crippen LogP contribution in [0.3, 0.4) is 0 Å². The Balaban J connectivity index is 1.88. The van der Waals surface area contributed by atoms with Gasteiger partial charge in [0.25, 0.3) is 0 Å². The van der Waals surface area contributed by atoms with E-state index in [2.05, 4.69) is 45.0 Å². The fraction of sp³-hybridized carbons (Fsp3) is 0.150. The van der Waals surface area contributed by atoms with Crippen molar-refractivity contribution in [2.45, 2.75) is 19.9 Å². The minimum Gasteiger partial charge on any atom is -0.493 e. The zero-order chi connectivity index (χ0) is 19.4. The van der Waals surface area contributed by atoms with Gasteiger partial charge in [-0.15, -0.1) is 16.8 Å². The largest absolute Gasteiger partial charge is 0.493 e. The summed E-state index contributed by atoms with van der Waals surface area (Å²) in [6, 6.07) is 13.7. The molecule has 0 amide bonds. The second-order valence-corrected chi connectivity index (χ2v) is 7.22. The van der Waals surface area contributed by atoms with Gasteiger partial charge in [0.1, 0.15) is 0 Å². The number of nitrogens with one attached hydrogen (secondary N) is 1. The van der Waals surface area contributed by atoms with E-state index in [1.807, 2.05) is 42.5 Å². The van der Waals surface area contributed by atoms with Gasteiger partial charge in [-0.05, 0) is 54.5 Å². The highest BCUT2D eigenvalue weighted by atomic mass is 79.9. The molecule has 27 heavy (non-hydrogen) atoms. The predicted molar refractivity (Wildman–Crippen MR) is 118 cm³/mol. The van der Waals surface area contributed by atoms with Crippen LogP contribution in [0.1, 0.15) is 12.5 Å². The third-order valence-electron chi connectivity index (χ3n) is 4.14. The number of aromatic hydroxyl groups is 1. The Morgan fingerprint density at radius 2 is 2.04 bits per heavy atom. The Morgan fingerprint density at radius 3 is 2.70 bits per heavy atom. The number of nitrogens with zero attached hydrogens (tertiary/aromatic N) is 3. The van der Waals surface area contributed by atoms with E-state index in [9.17, 15) is 5.11 Å². The summed E-state index contributed by atoms with van der Waals surface area (Å²) in [4.78, 5) is 0. The van der Waals surface area contributed by atoms with Crippen molar-refractivity contribution in [1.29, 1.82) is 0 Å². The zero-order valence-corrected chi connectivity index (χ0v) is 17.2. The fourth-order valence-electron chi connectivity index (χ4n) is 2.78. The summed E-state index contributed by atoms with van der Waals surface area (Å²) in [6.45, 7) is 6.31. The van der Waals surface area contributed by atoms with E-state index in [-0.39, 0.29) is 11.0 Å². The molecule has 0 saturated carbocycles. The van der Waals surface area contributed by atoms with Crippen LogP contribution in [0.5, 0.6) is 5.88 Å². The molecular formula is C20H19BrN4OS. The Hall–Kier alpha value is -2.51. The van der Waals surface area contributed by atoms with Gasteiger partial charge in [0.2, 0.25) is 11.0 Å². The van der Waals surface area contributed by atoms with E-state index in [0.29, 0.717) is 12.2 Å². The van der Waals surface area contributed by atoms with Gasteiger partial charge in [-0.3, -0.25) is 0 Å². The van der Waals surface area contributed by atoms with Gasteiger partial charge in [-0.2, -0.15) is 0 Å². The maximum atomic E-state index is 10.6. The molecule has 0 radical (unpaired) electrons. The smallest absolute Gasteiger partial charge is 0.221 e. The van der Waals surface area contributed by atoms with Crippen molar-refractivity contribution in [2.24, 2.45) is 10.2 Å². The molecule has 3 aromatic rings. The first kappa shape index (κ1) is 19.3. The first-order chi connectivity index (χ1) is 13.0. The number of hydrogen-bond acceptors (Lipinski definition) is 3. The number of hydrogen-bond donors (Lipinski definition) is 2. The highest BCUT2D eigenvalue weighted by molar-refractivity contribution is 9.10. The Morgan fingerprint density at radius 1 is 1.30 bits per heavy atom. The molecule has 2 aromatic carbocycles. The van der Waals surface area contributed by atoms with E-state index in [1.54, 1.807) is 10.6 Å². The average molecular weight is 443 g/mol. The summed E-state index contributed by atoms with van der Waals surface area (Å²) >= 11 is 8.71. The van der Waals surface area contributed by atoms with E-state index in [4.69, 9.17) is 12.2 Å². The summed E-state index contributed by atoms with van der Waals surface area (Å²) in [5.41, 5.74) is 3.31. The molecule has 138 valence electrons. The summed E-state index contributed by atoms with van der Waals surface area (Å²) in [5, 5.41) is 22.9. The molecule has 7 heteroatoms. The van der Waals surface area contributed by atoms with Crippen LogP contribution in [-0.4, -0.2) is 14.8 Å². The second kappa shape index (κ2) is 8.45. The molecule has 0 atom stereocenters. The number of azo groups is 1. The molecule has 0 aliphatic heterocycles. The first-order valence-electron chi connectivity index (χ1n) is 8.46. The van der Waals surface area contributed by atoms with Crippen LogP contribution in [0.15, 0.2) is 69.8 Å². The summed E-state index contributed by atoms with van der Waals surface area (Å²) in [5.74, 6) is 0.0295. The molecule has 3 rings (SSSR count). The molecule has 0 fully saturated rings. The molecule has 1 heterocycles. The summed E-state index contributed by atoms with van der Waals surface area (Å²) in [7, 11) is 0. The number of allylic oxidation sites excluding steroid dienone is 1. The van der Waals surface area contributed by atoms with E-state index >= 15 is 0 Å². The monoisotopic (exact) mass is 442 g/mol. The van der Waals surface area contributed by atoms with Gasteiger partial charge in [-0.25, -0.2) is 0 Å². The van der Waals surface area contributed by atoms with Crippen LogP contribution < -0.4 is 5.32 Å². The first-order valence-corrected chi connectivity index (χ1v) is 9.67. The van der Waals surface area contributed by atoms with Crippen molar-refractivity contribution in [1.82, 2.24) is 4.57 Å². The highest BCUT2D eigenvalue weighted by Crippen LogP contribution is 2.40. The van der Waals surface area contributed by atoms with E-state index in [0.717, 1.165) is 27.5 Å². The molecule has 0 bridgehead atoms. The molecule has 0 unspecified atom stereocenters. The van der Waals surface area contributed by atoms with Crippen LogP contribution in [0.25, 0.3) is 10.9 Å². The number of halogens is 1. The molecule has 2 N–H and O–H groups in total. The van der Waals surface area contributed by atoms with Crippen molar-refractivity contribution in [3.8, 4) is 5.88 Å². The minimum atomic E-state index is 0.0295. The SMILES string of the molecule is C=CCn1c(O)c(N=NC(=S)Nc2ccc(CC)cc2)c2cc(Br)ccc21. The number of rotatable bonds is 5. The lowest BCUT2D eigenvalue weighted by atomic mass is 10.1. The van der Waals surface area contributed by atoms with E-state index < -0.39 is 0 Å². The zero-order valence-electron chi connectivity index (χ0n) is 14.8. The van der Waals surface area contributed by atoms with Gasteiger partial charge in [0, 0.05) is 22.1 Å². The fourth-order valence-corrected chi connectivity index (χ4v) is 3.30. The Labute approximate surface area is 171 Å². The number of fused-ring (bicyclic) bond motifs is 1. The standard InChI is InChI=1S/C20H19BrN4OS/c1-3-11-25-17-10-7-14(21)12-16(17)18(19(25)26)23-24-20(27)22-15-8-5-13(4-2)6-9-15/h3,5-10,12,26H,1,4,11H2,2H3,(H,22,27). The van der Waals surface area contributed by atoms with Crippen LogP contribution in [0, 0.1) is 0 Å². The lowest BCUT2D eigenvalue weighted by Gasteiger charge is -2.04. The molecule has 1 aromatic heterocycles. The lowest BCUT2D eigenvalue weighted by Crippen LogP contribution is -2.04. The maximum Gasteiger partial charge on any atom is 0.221 e. The van der Waals surface area contributed by atoms with Gasteiger partial charge in [0.15, 0.2) is 5.69 Å². The van der Waals surface area contributed by atoms with Crippen LogP contribution >= 0.6 is 28.1 Å². The quantitative estimate of drug-likeness (QED) is 0.275. The normalized spacial score (nSPS) is 11.2. The number of anilines is 1. The highest BCUT2D eigenvalue weighted by Gasteiger charge is 2.16. The summed E-state index contributed by atoms with van der Waals surface area (Å²) in [6.07, 6.45) is 2.70. The lowest BCUT2D eigenvalue weighted by molar-refractivity contribution is 0.431. The molecular weight excluding hydrogens is 424 g/mol. The van der Waals surface area contributed by atoms with Crippen molar-refractivity contribution < 1.29 is 5.11 Å². The minimum absolute atomic E-state index is 0.0295. The molecule has 0 aliphatic rings. The maximum absolute atomic E-state index is 10.6. The van der Waals surface area contributed by atoms with Gasteiger partial charge in [-0.1, -0.05) is 41.1 Å². The van der Waals surface area contributed by atoms with Gasteiger partial charge < -0.3 is 15.0 Å². The van der Waals surface area contributed by atoms with E-state index in [1.165, 1.54) is 5.56 Å². The summed E-state index contributed by atoms with van der Waals surface area (Å²) < 4.78 is 2.61. The number of benzene rings is 2. The number of thiocarbonyl (C=S) groups is 1. The van der Waals surface area contributed by atoms with Crippen molar-refractivity contribution in [3.63, 3.8) is 0 Å². The molecule has 5 nitrogen and oxygen atoms in total. The molecule has 0 spiro atoms. The second-order valence-electron chi connectivity index (χ2n) is 5.91. The van der Waals surface area contributed by atoms with Gasteiger partial charge >= 0.3 is 0 Å². The van der Waals surface area contributed by atoms with Crippen molar-refractivity contribution in [2.75, 3.05) is 5.32 Å². The Bertz CT molecular complexity index is 1020. The Kier molecular flexibility index (Phi) is 6.03. The van der Waals surface area contributed by atoms with Crippen LogP contribution in [-0.2, 0) is 13.0 Å². The van der Waals surface area contributed by atoms with Crippen LogP contribution in [0.4, 0.5) is 11.4 Å². The molecule has 0 saturated heterocycles. The molecule has 0 aliphatic carbocycles. The third-order valence-corrected chi connectivity index (χ3v) is 4.81. The van der Waals surface area contributed by atoms with Crippen molar-refractivity contribution in [3.05, 3.63) is 65.2 Å². The van der Waals surface area contributed by atoms with Gasteiger partial charge in [0.05, 0.1) is 5.52 Å². The topological polar surface area (TPSA) is 61.9 Å². The third kappa shape index (κ3) is 4.26. The number of aromatic nitrogens is 1. The predicted octanol–water partition coefficient (Wildman–Crippen LogP) is 6.34. The number of aryl methyl sites for hydroxylation is 1.